The second kappa shape index (κ2) is 9.64. The van der Waals surface area contributed by atoms with Gasteiger partial charge in [-0.1, -0.05) is 17.7 Å². The van der Waals surface area contributed by atoms with Gasteiger partial charge in [-0.05, 0) is 32.4 Å². The van der Waals surface area contributed by atoms with Crippen molar-refractivity contribution in [2.24, 2.45) is 5.73 Å². The Morgan fingerprint density at radius 1 is 1.37 bits per heavy atom. The number of benzene rings is 1. The zero-order valence-electron chi connectivity index (χ0n) is 11.5. The Labute approximate surface area is 121 Å². The van der Waals surface area contributed by atoms with E-state index in [1.165, 1.54) is 5.56 Å². The Balaban J connectivity index is 0.00000324. The summed E-state index contributed by atoms with van der Waals surface area (Å²) in [6.45, 7) is 4.93. The highest BCUT2D eigenvalue weighted by atomic mass is 35.5. The standard InChI is InChI=1S/C14H22N2O2.ClH/c1-11-3-6-13(7-4-11)18-10-9-16-14(17)8-5-12(2)15;/h3-4,6-7,12H,5,8-10,15H2,1-2H3,(H,16,17);1H. The lowest BCUT2D eigenvalue weighted by Crippen LogP contribution is -2.29. The van der Waals surface area contributed by atoms with Gasteiger partial charge in [0, 0.05) is 12.5 Å². The second-order valence-electron chi connectivity index (χ2n) is 4.53. The first-order valence-electron chi connectivity index (χ1n) is 6.29. The van der Waals surface area contributed by atoms with E-state index in [0.717, 1.165) is 5.75 Å². The first-order valence-corrected chi connectivity index (χ1v) is 6.29. The van der Waals surface area contributed by atoms with Crippen molar-refractivity contribution < 1.29 is 9.53 Å². The van der Waals surface area contributed by atoms with Gasteiger partial charge in [-0.15, -0.1) is 12.4 Å². The lowest BCUT2D eigenvalue weighted by atomic mass is 10.2. The van der Waals surface area contributed by atoms with Crippen molar-refractivity contribution >= 4 is 18.3 Å². The highest BCUT2D eigenvalue weighted by Gasteiger charge is 2.02. The molecule has 4 nitrogen and oxygen atoms in total. The second-order valence-corrected chi connectivity index (χ2v) is 4.53. The molecule has 0 aliphatic carbocycles. The van der Waals surface area contributed by atoms with Crippen LogP contribution in [0.4, 0.5) is 0 Å². The summed E-state index contributed by atoms with van der Waals surface area (Å²) < 4.78 is 5.50. The quantitative estimate of drug-likeness (QED) is 0.754. The number of carbonyl (C=O) groups is 1. The van der Waals surface area contributed by atoms with Crippen LogP contribution in [0.15, 0.2) is 24.3 Å². The van der Waals surface area contributed by atoms with Crippen LogP contribution in [0.3, 0.4) is 0 Å². The van der Waals surface area contributed by atoms with Crippen molar-refractivity contribution in [2.45, 2.75) is 32.7 Å². The maximum atomic E-state index is 11.4. The molecule has 0 bridgehead atoms. The molecule has 5 heteroatoms. The van der Waals surface area contributed by atoms with Gasteiger partial charge in [0.15, 0.2) is 0 Å². The summed E-state index contributed by atoms with van der Waals surface area (Å²) in [6, 6.07) is 7.91. The molecule has 19 heavy (non-hydrogen) atoms. The van der Waals surface area contributed by atoms with E-state index >= 15 is 0 Å². The average molecular weight is 287 g/mol. The summed E-state index contributed by atoms with van der Waals surface area (Å²) in [4.78, 5) is 11.4. The fourth-order valence-corrected chi connectivity index (χ4v) is 1.44. The van der Waals surface area contributed by atoms with Crippen LogP contribution in [-0.4, -0.2) is 25.1 Å². The number of nitrogens with two attached hydrogens (primary N) is 1. The van der Waals surface area contributed by atoms with E-state index in [-0.39, 0.29) is 24.4 Å². The Morgan fingerprint density at radius 3 is 2.58 bits per heavy atom. The van der Waals surface area contributed by atoms with Gasteiger partial charge in [-0.3, -0.25) is 4.79 Å². The molecule has 108 valence electrons. The summed E-state index contributed by atoms with van der Waals surface area (Å²) in [5.74, 6) is 0.852. The predicted molar refractivity (Wildman–Crippen MR) is 79.8 cm³/mol. The van der Waals surface area contributed by atoms with Gasteiger partial charge in [0.25, 0.3) is 0 Å². The van der Waals surface area contributed by atoms with Gasteiger partial charge in [0.2, 0.25) is 5.91 Å². The van der Waals surface area contributed by atoms with Gasteiger partial charge in [0.05, 0.1) is 6.54 Å². The molecule has 0 fully saturated rings. The number of rotatable bonds is 7. The molecule has 1 aromatic carbocycles. The summed E-state index contributed by atoms with van der Waals surface area (Å²) in [5.41, 5.74) is 6.78. The Bertz CT molecular complexity index is 366. The van der Waals surface area contributed by atoms with E-state index in [1.54, 1.807) is 0 Å². The maximum Gasteiger partial charge on any atom is 0.220 e. The molecule has 0 radical (unpaired) electrons. The van der Waals surface area contributed by atoms with Crippen LogP contribution in [0.5, 0.6) is 5.75 Å². The minimum atomic E-state index is 0. The topological polar surface area (TPSA) is 64.3 Å². The van der Waals surface area contributed by atoms with Gasteiger partial charge >= 0.3 is 0 Å². The number of amides is 1. The fourth-order valence-electron chi connectivity index (χ4n) is 1.44. The highest BCUT2D eigenvalue weighted by molar-refractivity contribution is 5.85. The average Bonchev–Trinajstić information content (AvgIpc) is 2.34. The van der Waals surface area contributed by atoms with Crippen LogP contribution in [0, 0.1) is 6.92 Å². The highest BCUT2D eigenvalue weighted by Crippen LogP contribution is 2.10. The van der Waals surface area contributed by atoms with Gasteiger partial charge in [-0.2, -0.15) is 0 Å². The summed E-state index contributed by atoms with van der Waals surface area (Å²) in [5, 5.41) is 2.80. The number of nitrogens with one attached hydrogen (secondary N) is 1. The molecule has 1 atom stereocenters. The smallest absolute Gasteiger partial charge is 0.220 e. The SMILES string of the molecule is Cc1ccc(OCCNC(=O)CCC(C)N)cc1.Cl. The predicted octanol–water partition coefficient (Wildman–Crippen LogP) is 2.04. The van der Waals surface area contributed by atoms with Crippen molar-refractivity contribution in [1.29, 1.82) is 0 Å². The molecule has 0 aromatic heterocycles. The molecular formula is C14H23ClN2O2. The van der Waals surface area contributed by atoms with E-state index in [0.29, 0.717) is 26.0 Å². The third kappa shape index (κ3) is 8.46. The third-order valence-corrected chi connectivity index (χ3v) is 2.54. The largest absolute Gasteiger partial charge is 0.492 e. The van der Waals surface area contributed by atoms with E-state index in [9.17, 15) is 4.79 Å². The van der Waals surface area contributed by atoms with E-state index < -0.39 is 0 Å². The van der Waals surface area contributed by atoms with Crippen molar-refractivity contribution in [3.05, 3.63) is 29.8 Å². The third-order valence-electron chi connectivity index (χ3n) is 2.54. The van der Waals surface area contributed by atoms with Gasteiger partial charge in [-0.25, -0.2) is 0 Å². The Hall–Kier alpha value is -1.26. The number of carbonyl (C=O) groups excluding carboxylic acids is 1. The fraction of sp³-hybridized carbons (Fsp3) is 0.500. The zero-order valence-corrected chi connectivity index (χ0v) is 12.3. The minimum absolute atomic E-state index is 0. The molecule has 0 saturated carbocycles. The first kappa shape index (κ1) is 17.7. The van der Waals surface area contributed by atoms with Crippen molar-refractivity contribution in [1.82, 2.24) is 5.32 Å². The van der Waals surface area contributed by atoms with Crippen molar-refractivity contribution in [2.75, 3.05) is 13.2 Å². The lowest BCUT2D eigenvalue weighted by molar-refractivity contribution is -0.121. The number of hydrogen-bond donors (Lipinski definition) is 2. The van der Waals surface area contributed by atoms with Crippen LogP contribution < -0.4 is 15.8 Å². The molecule has 1 amide bonds. The van der Waals surface area contributed by atoms with Crippen LogP contribution in [0.1, 0.15) is 25.3 Å². The molecule has 0 aliphatic heterocycles. The number of ether oxygens (including phenoxy) is 1. The molecule has 1 unspecified atom stereocenters. The molecule has 1 rings (SSSR count). The Morgan fingerprint density at radius 2 is 2.00 bits per heavy atom. The van der Waals surface area contributed by atoms with Crippen LogP contribution in [-0.2, 0) is 4.79 Å². The van der Waals surface area contributed by atoms with Crippen LogP contribution in [0.2, 0.25) is 0 Å². The molecule has 0 aliphatic rings. The number of aryl methyl sites for hydroxylation is 1. The molecule has 0 spiro atoms. The normalized spacial score (nSPS) is 11.3. The lowest BCUT2D eigenvalue weighted by Gasteiger charge is -2.08. The summed E-state index contributed by atoms with van der Waals surface area (Å²) in [6.07, 6.45) is 1.19. The molecule has 3 N–H and O–H groups in total. The van der Waals surface area contributed by atoms with Gasteiger partial charge < -0.3 is 15.8 Å². The molecule has 0 saturated heterocycles. The van der Waals surface area contributed by atoms with E-state index in [1.807, 2.05) is 38.1 Å². The number of hydrogen-bond acceptors (Lipinski definition) is 3. The summed E-state index contributed by atoms with van der Waals surface area (Å²) >= 11 is 0. The molecule has 1 aromatic rings. The minimum Gasteiger partial charge on any atom is -0.492 e. The van der Waals surface area contributed by atoms with Crippen LogP contribution >= 0.6 is 12.4 Å². The van der Waals surface area contributed by atoms with E-state index in [2.05, 4.69) is 5.32 Å². The maximum absolute atomic E-state index is 11.4. The zero-order chi connectivity index (χ0) is 13.4. The molecular weight excluding hydrogens is 264 g/mol. The summed E-state index contributed by atoms with van der Waals surface area (Å²) in [7, 11) is 0. The Kier molecular flexibility index (Phi) is 9.00. The van der Waals surface area contributed by atoms with Crippen LogP contribution in [0.25, 0.3) is 0 Å². The molecule has 0 heterocycles. The van der Waals surface area contributed by atoms with E-state index in [4.69, 9.17) is 10.5 Å². The van der Waals surface area contributed by atoms with Crippen molar-refractivity contribution in [3.8, 4) is 5.75 Å². The first-order chi connectivity index (χ1) is 8.58. The van der Waals surface area contributed by atoms with Crippen molar-refractivity contribution in [3.63, 3.8) is 0 Å². The number of halogens is 1. The monoisotopic (exact) mass is 286 g/mol. The van der Waals surface area contributed by atoms with Gasteiger partial charge in [0.1, 0.15) is 12.4 Å².